The molecule has 0 bridgehead atoms. The van der Waals surface area contributed by atoms with Gasteiger partial charge in [-0.2, -0.15) is 0 Å². The summed E-state index contributed by atoms with van der Waals surface area (Å²) in [5.41, 5.74) is 0. The minimum atomic E-state index is -0.565. The van der Waals surface area contributed by atoms with Crippen molar-refractivity contribution in [1.82, 2.24) is 0 Å². The van der Waals surface area contributed by atoms with E-state index in [1.807, 2.05) is 0 Å². The van der Waals surface area contributed by atoms with Crippen LogP contribution in [0.2, 0.25) is 0 Å². The molecule has 9 heavy (non-hydrogen) atoms. The Morgan fingerprint density at radius 3 is 2.67 bits per heavy atom. The maximum atomic E-state index is 10.4. The second-order valence-corrected chi connectivity index (χ2v) is 1.51. The molecule has 0 heterocycles. The topological polar surface area (TPSA) is 49.4 Å². The highest BCUT2D eigenvalue weighted by atomic mass is 16.5. The van der Waals surface area contributed by atoms with Crippen LogP contribution in [0.4, 0.5) is 0 Å². The van der Waals surface area contributed by atoms with Crippen LogP contribution >= 0.6 is 0 Å². The molecule has 0 aliphatic carbocycles. The van der Waals surface area contributed by atoms with Gasteiger partial charge in [0.05, 0.1) is 6.61 Å². The third-order valence-corrected chi connectivity index (χ3v) is 0.608. The van der Waals surface area contributed by atoms with Gasteiger partial charge in [-0.05, 0) is 6.92 Å². The maximum absolute atomic E-state index is 10.4. The second kappa shape index (κ2) is 3.95. The highest BCUT2D eigenvalue weighted by Crippen LogP contribution is 1.83. The van der Waals surface area contributed by atoms with Gasteiger partial charge in [0, 0.05) is 6.08 Å². The Kier molecular flexibility index (Phi) is 3.51. The molecule has 0 fully saturated rings. The Labute approximate surface area is 53.9 Å². The van der Waals surface area contributed by atoms with Gasteiger partial charge >= 0.3 is 5.97 Å². The molecule has 0 aliphatic heterocycles. The first kappa shape index (κ1) is 8.01. The van der Waals surface area contributed by atoms with Gasteiger partial charge in [-0.25, -0.2) is 4.79 Å². The van der Waals surface area contributed by atoms with E-state index in [0.29, 0.717) is 6.61 Å². The SMILES string of the molecule is CCOC(=O)/C=C(/C)[O-]. The van der Waals surface area contributed by atoms with Crippen molar-refractivity contribution in [3.05, 3.63) is 11.8 Å². The average molecular weight is 129 g/mol. The standard InChI is InChI=1S/C6H10O3/c1-3-9-6(8)4-5(2)7/h4,7H,3H2,1-2H3/p-1/b5-4-. The summed E-state index contributed by atoms with van der Waals surface area (Å²) in [7, 11) is 0. The number of hydrogen-bond acceptors (Lipinski definition) is 3. The van der Waals surface area contributed by atoms with Crippen molar-refractivity contribution in [3.8, 4) is 0 Å². The molecule has 0 aromatic heterocycles. The van der Waals surface area contributed by atoms with Gasteiger partial charge in [-0.3, -0.25) is 0 Å². The Morgan fingerprint density at radius 1 is 1.78 bits per heavy atom. The van der Waals surface area contributed by atoms with Crippen LogP contribution in [0.1, 0.15) is 13.8 Å². The second-order valence-electron chi connectivity index (χ2n) is 1.51. The number of esters is 1. The number of allylic oxidation sites excluding steroid dienone is 1. The first-order valence-corrected chi connectivity index (χ1v) is 2.69. The zero-order valence-corrected chi connectivity index (χ0v) is 5.51. The fourth-order valence-electron chi connectivity index (χ4n) is 0.350. The van der Waals surface area contributed by atoms with Crippen molar-refractivity contribution < 1.29 is 14.6 Å². The zero-order chi connectivity index (χ0) is 7.28. The summed E-state index contributed by atoms with van der Waals surface area (Å²) in [5.74, 6) is -0.849. The lowest BCUT2D eigenvalue weighted by molar-refractivity contribution is -0.301. The van der Waals surface area contributed by atoms with Gasteiger partial charge in [-0.1, -0.05) is 6.92 Å². The lowest BCUT2D eigenvalue weighted by Crippen LogP contribution is -2.05. The summed E-state index contributed by atoms with van der Waals surface area (Å²) in [4.78, 5) is 10.4. The summed E-state index contributed by atoms with van der Waals surface area (Å²) >= 11 is 0. The van der Waals surface area contributed by atoms with Gasteiger partial charge in [0.15, 0.2) is 0 Å². The molecular weight excluding hydrogens is 120 g/mol. The summed E-state index contributed by atoms with van der Waals surface area (Å²) in [6, 6.07) is 0. The molecule has 0 unspecified atom stereocenters. The summed E-state index contributed by atoms with van der Waals surface area (Å²) in [6.07, 6.45) is 0.920. The summed E-state index contributed by atoms with van der Waals surface area (Å²) in [5, 5.41) is 10.2. The molecule has 0 aliphatic rings. The predicted octanol–water partition coefficient (Wildman–Crippen LogP) is -0.186. The van der Waals surface area contributed by atoms with Crippen LogP contribution in [0.3, 0.4) is 0 Å². The molecule has 0 rings (SSSR count). The molecule has 0 atom stereocenters. The summed E-state index contributed by atoms with van der Waals surface area (Å²) in [6.45, 7) is 3.30. The van der Waals surface area contributed by atoms with E-state index in [1.165, 1.54) is 6.92 Å². The maximum Gasteiger partial charge on any atom is 0.329 e. The van der Waals surface area contributed by atoms with Gasteiger partial charge < -0.3 is 9.84 Å². The van der Waals surface area contributed by atoms with E-state index in [1.54, 1.807) is 6.92 Å². The predicted molar refractivity (Wildman–Crippen MR) is 30.4 cm³/mol. The minimum Gasteiger partial charge on any atom is -0.875 e. The van der Waals surface area contributed by atoms with E-state index in [-0.39, 0.29) is 5.76 Å². The lowest BCUT2D eigenvalue weighted by Gasteiger charge is -2.01. The third-order valence-electron chi connectivity index (χ3n) is 0.608. The monoisotopic (exact) mass is 129 g/mol. The fourth-order valence-corrected chi connectivity index (χ4v) is 0.350. The third kappa shape index (κ3) is 4.87. The normalized spacial score (nSPS) is 11.1. The van der Waals surface area contributed by atoms with Gasteiger partial charge in [0.25, 0.3) is 0 Å². The number of rotatable bonds is 2. The van der Waals surface area contributed by atoms with Gasteiger partial charge in [-0.15, -0.1) is 5.76 Å². The number of ether oxygens (including phenoxy) is 1. The number of hydrogen-bond donors (Lipinski definition) is 0. The van der Waals surface area contributed by atoms with Crippen LogP contribution < -0.4 is 5.11 Å². The molecular formula is C6H9O3-. The van der Waals surface area contributed by atoms with Crippen LogP contribution in [0.5, 0.6) is 0 Å². The van der Waals surface area contributed by atoms with Gasteiger partial charge in [0.2, 0.25) is 0 Å². The van der Waals surface area contributed by atoms with Crippen molar-refractivity contribution in [2.45, 2.75) is 13.8 Å². The molecule has 0 radical (unpaired) electrons. The number of carbonyl (C=O) groups excluding carboxylic acids is 1. The van der Waals surface area contributed by atoms with Crippen molar-refractivity contribution in [2.75, 3.05) is 6.61 Å². The number of carbonyl (C=O) groups is 1. The molecule has 0 aromatic rings. The van der Waals surface area contributed by atoms with Crippen LogP contribution in [0.25, 0.3) is 0 Å². The molecule has 52 valence electrons. The quantitative estimate of drug-likeness (QED) is 0.295. The zero-order valence-electron chi connectivity index (χ0n) is 5.51. The molecule has 0 aromatic carbocycles. The van der Waals surface area contributed by atoms with Crippen LogP contribution in [0, 0.1) is 0 Å². The molecule has 0 saturated heterocycles. The van der Waals surface area contributed by atoms with E-state index in [0.717, 1.165) is 6.08 Å². The molecule has 3 nitrogen and oxygen atoms in total. The first-order valence-electron chi connectivity index (χ1n) is 2.69. The molecule has 0 amide bonds. The Balaban J connectivity index is 3.63. The van der Waals surface area contributed by atoms with Crippen LogP contribution in [-0.2, 0) is 9.53 Å². The van der Waals surface area contributed by atoms with Crippen molar-refractivity contribution >= 4 is 5.97 Å². The smallest absolute Gasteiger partial charge is 0.329 e. The van der Waals surface area contributed by atoms with E-state index in [4.69, 9.17) is 0 Å². The van der Waals surface area contributed by atoms with Crippen molar-refractivity contribution in [3.63, 3.8) is 0 Å². The summed E-state index contributed by atoms with van der Waals surface area (Å²) < 4.78 is 4.44. The van der Waals surface area contributed by atoms with Gasteiger partial charge in [0.1, 0.15) is 0 Å². The molecule has 0 N–H and O–H groups in total. The minimum absolute atomic E-state index is 0.284. The van der Waals surface area contributed by atoms with E-state index in [9.17, 15) is 9.90 Å². The molecule has 0 spiro atoms. The Hall–Kier alpha value is -0.990. The van der Waals surface area contributed by atoms with Crippen LogP contribution in [0.15, 0.2) is 11.8 Å². The highest BCUT2D eigenvalue weighted by molar-refractivity contribution is 5.82. The van der Waals surface area contributed by atoms with E-state index >= 15 is 0 Å². The fraction of sp³-hybridized carbons (Fsp3) is 0.500. The average Bonchev–Trinajstić information content (AvgIpc) is 1.63. The lowest BCUT2D eigenvalue weighted by atomic mass is 10.5. The molecule has 0 saturated carbocycles. The van der Waals surface area contributed by atoms with E-state index < -0.39 is 5.97 Å². The highest BCUT2D eigenvalue weighted by Gasteiger charge is 1.90. The van der Waals surface area contributed by atoms with Crippen LogP contribution in [-0.4, -0.2) is 12.6 Å². The molecule has 3 heteroatoms. The Morgan fingerprint density at radius 2 is 2.33 bits per heavy atom. The van der Waals surface area contributed by atoms with Crippen molar-refractivity contribution in [2.24, 2.45) is 0 Å². The van der Waals surface area contributed by atoms with E-state index in [2.05, 4.69) is 4.74 Å². The Bertz CT molecular complexity index is 122. The first-order chi connectivity index (χ1) is 4.16. The largest absolute Gasteiger partial charge is 0.875 e. The van der Waals surface area contributed by atoms with Crippen molar-refractivity contribution in [1.29, 1.82) is 0 Å².